The molecule has 0 saturated carbocycles. The summed E-state index contributed by atoms with van der Waals surface area (Å²) in [6.45, 7) is 3.08. The Morgan fingerprint density at radius 2 is 1.81 bits per heavy atom. The zero-order valence-electron chi connectivity index (χ0n) is 21.0. The number of carbonyl (C=O) groups is 2. The number of aryl methyl sites for hydroxylation is 1. The van der Waals surface area contributed by atoms with Gasteiger partial charge in [-0.15, -0.1) is 0 Å². The van der Waals surface area contributed by atoms with Gasteiger partial charge >= 0.3 is 0 Å². The van der Waals surface area contributed by atoms with Crippen LogP contribution in [0.15, 0.2) is 59.0 Å². The van der Waals surface area contributed by atoms with Crippen LogP contribution in [0.1, 0.15) is 43.7 Å². The molecule has 1 saturated heterocycles. The van der Waals surface area contributed by atoms with E-state index in [1.54, 1.807) is 25.1 Å². The van der Waals surface area contributed by atoms with E-state index in [1.165, 1.54) is 4.90 Å². The molecule has 3 unspecified atom stereocenters. The molecule has 2 heterocycles. The molecule has 4 atom stereocenters. The highest BCUT2D eigenvalue weighted by molar-refractivity contribution is 5.89. The molecule has 0 bridgehead atoms. The lowest BCUT2D eigenvalue weighted by Gasteiger charge is -2.31. The van der Waals surface area contributed by atoms with Crippen molar-refractivity contribution in [2.24, 2.45) is 5.92 Å². The van der Waals surface area contributed by atoms with Gasteiger partial charge in [0, 0.05) is 13.1 Å². The number of para-hydroxylation sites is 2. The molecule has 0 spiro atoms. The van der Waals surface area contributed by atoms with Crippen LogP contribution >= 0.6 is 0 Å². The molecule has 0 aliphatic carbocycles. The monoisotopic (exact) mass is 511 g/mol. The first-order valence-corrected chi connectivity index (χ1v) is 12.9. The van der Waals surface area contributed by atoms with Gasteiger partial charge in [-0.3, -0.25) is 9.59 Å². The van der Waals surface area contributed by atoms with Gasteiger partial charge in [-0.25, -0.2) is 9.37 Å². The smallest absolute Gasteiger partial charge is 0.258 e. The van der Waals surface area contributed by atoms with E-state index < -0.39 is 36.0 Å². The second-order valence-electron chi connectivity index (χ2n) is 9.31. The Morgan fingerprint density at radius 3 is 2.51 bits per heavy atom. The molecule has 8 nitrogen and oxygen atoms in total. The first kappa shape index (κ1) is 26.8. The quantitative estimate of drug-likeness (QED) is 0.408. The summed E-state index contributed by atoms with van der Waals surface area (Å²) in [6, 6.07) is 16.1. The summed E-state index contributed by atoms with van der Waals surface area (Å²) in [7, 11) is 0. The average molecular weight is 512 g/mol. The molecular weight excluding hydrogens is 477 g/mol. The first-order valence-electron chi connectivity index (χ1n) is 12.9. The van der Waals surface area contributed by atoms with Crippen LogP contribution in [0.2, 0.25) is 0 Å². The molecule has 1 aliphatic rings. The van der Waals surface area contributed by atoms with E-state index in [-0.39, 0.29) is 12.3 Å². The number of aliphatic hydroxyl groups excluding tert-OH is 1. The minimum absolute atomic E-state index is 0.0789. The topological polar surface area (TPSA) is 105 Å². The van der Waals surface area contributed by atoms with Gasteiger partial charge < -0.3 is 24.5 Å². The number of carbonyl (C=O) groups excluding carboxylic acids is 2. The molecule has 3 aromatic rings. The molecular formula is C28H34FN3O5. The standard InChI is InChI=1S/C28H34FN3O5/c1-2-21(25(33)27-31-22-13-6-7-14-23(22)37-27)30-26(34)20(12-8-11-19-9-4-3-5-10-19)24(29)28(35)32-15-17-36-18-16-32/h3-7,9-10,13-14,20-21,24-25,33H,2,8,11-12,15-18H2,1H3,(H,30,34)/t20?,21?,24-,25?/m0/s1. The Kier molecular flexibility index (Phi) is 9.24. The Hall–Kier alpha value is -3.30. The summed E-state index contributed by atoms with van der Waals surface area (Å²) in [5.74, 6) is -2.42. The molecule has 1 fully saturated rings. The summed E-state index contributed by atoms with van der Waals surface area (Å²) in [5, 5.41) is 13.7. The molecule has 1 aliphatic heterocycles. The number of nitrogens with zero attached hydrogens (tertiary/aromatic N) is 2. The van der Waals surface area contributed by atoms with E-state index in [4.69, 9.17) is 9.15 Å². The lowest BCUT2D eigenvalue weighted by atomic mass is 9.92. The summed E-state index contributed by atoms with van der Waals surface area (Å²) >= 11 is 0. The van der Waals surface area contributed by atoms with Crippen molar-refractivity contribution in [1.82, 2.24) is 15.2 Å². The van der Waals surface area contributed by atoms with Crippen molar-refractivity contribution in [2.75, 3.05) is 26.3 Å². The molecule has 1 aromatic heterocycles. The highest BCUT2D eigenvalue weighted by Gasteiger charge is 2.38. The van der Waals surface area contributed by atoms with E-state index in [2.05, 4.69) is 10.3 Å². The average Bonchev–Trinajstić information content (AvgIpc) is 3.38. The maximum atomic E-state index is 15.7. The van der Waals surface area contributed by atoms with Crippen molar-refractivity contribution in [3.63, 3.8) is 0 Å². The summed E-state index contributed by atoms with van der Waals surface area (Å²) < 4.78 is 26.6. The lowest BCUT2D eigenvalue weighted by Crippen LogP contribution is -2.51. The van der Waals surface area contributed by atoms with E-state index >= 15 is 4.39 Å². The Labute approximate surface area is 215 Å². The minimum Gasteiger partial charge on any atom is -0.438 e. The number of oxazole rings is 1. The van der Waals surface area contributed by atoms with E-state index in [0.29, 0.717) is 56.7 Å². The van der Waals surface area contributed by atoms with Gasteiger partial charge in [-0.2, -0.15) is 0 Å². The van der Waals surface area contributed by atoms with Crippen LogP contribution in [0.3, 0.4) is 0 Å². The number of halogens is 1. The van der Waals surface area contributed by atoms with Gasteiger partial charge in [-0.05, 0) is 43.4 Å². The van der Waals surface area contributed by atoms with Gasteiger partial charge in [0.25, 0.3) is 5.91 Å². The first-order chi connectivity index (χ1) is 18.0. The predicted molar refractivity (Wildman–Crippen MR) is 136 cm³/mol. The third-order valence-electron chi connectivity index (χ3n) is 6.78. The number of aromatic nitrogens is 1. The number of hydrogen-bond acceptors (Lipinski definition) is 6. The van der Waals surface area contributed by atoms with Gasteiger partial charge in [0.2, 0.25) is 11.8 Å². The molecule has 37 heavy (non-hydrogen) atoms. The largest absolute Gasteiger partial charge is 0.438 e. The van der Waals surface area contributed by atoms with Crippen molar-refractivity contribution in [1.29, 1.82) is 0 Å². The number of amides is 2. The minimum atomic E-state index is -1.99. The van der Waals surface area contributed by atoms with Crippen LogP contribution in [-0.2, 0) is 20.7 Å². The zero-order chi connectivity index (χ0) is 26.2. The van der Waals surface area contributed by atoms with Gasteiger partial charge in [0.05, 0.1) is 25.2 Å². The molecule has 2 amide bonds. The number of benzene rings is 2. The number of morpholine rings is 1. The van der Waals surface area contributed by atoms with Crippen LogP contribution in [-0.4, -0.2) is 65.3 Å². The third-order valence-corrected chi connectivity index (χ3v) is 6.78. The third kappa shape index (κ3) is 6.72. The Bertz CT molecular complexity index is 1130. The highest BCUT2D eigenvalue weighted by Crippen LogP contribution is 2.25. The summed E-state index contributed by atoms with van der Waals surface area (Å²) in [4.78, 5) is 32.1. The van der Waals surface area contributed by atoms with E-state index in [1.807, 2.05) is 36.4 Å². The van der Waals surface area contributed by atoms with Crippen LogP contribution in [0, 0.1) is 5.92 Å². The molecule has 198 valence electrons. The molecule has 0 radical (unpaired) electrons. The number of fused-ring (bicyclic) bond motifs is 1. The normalized spacial score (nSPS) is 17.2. The van der Waals surface area contributed by atoms with Crippen molar-refractivity contribution in [3.8, 4) is 0 Å². The van der Waals surface area contributed by atoms with Crippen LogP contribution in [0.5, 0.6) is 0 Å². The number of aliphatic hydroxyl groups is 1. The van der Waals surface area contributed by atoms with E-state index in [9.17, 15) is 14.7 Å². The fourth-order valence-corrected chi connectivity index (χ4v) is 4.59. The maximum absolute atomic E-state index is 15.7. The Morgan fingerprint density at radius 1 is 1.11 bits per heavy atom. The van der Waals surface area contributed by atoms with Crippen molar-refractivity contribution in [2.45, 2.75) is 50.9 Å². The fraction of sp³-hybridized carbons (Fsp3) is 0.464. The van der Waals surface area contributed by atoms with Crippen molar-refractivity contribution >= 4 is 22.9 Å². The lowest BCUT2D eigenvalue weighted by molar-refractivity contribution is -0.147. The van der Waals surface area contributed by atoms with Crippen LogP contribution in [0.4, 0.5) is 4.39 Å². The van der Waals surface area contributed by atoms with Crippen LogP contribution < -0.4 is 5.32 Å². The second kappa shape index (κ2) is 12.8. The highest BCUT2D eigenvalue weighted by atomic mass is 19.1. The Balaban J connectivity index is 1.47. The SMILES string of the molecule is CCC(NC(=O)C(CCCc1ccccc1)[C@H](F)C(=O)N1CCOCC1)C(O)c1nc2ccccc2o1. The van der Waals surface area contributed by atoms with Gasteiger partial charge in [0.1, 0.15) is 5.52 Å². The van der Waals surface area contributed by atoms with E-state index in [0.717, 1.165) is 5.56 Å². The fourth-order valence-electron chi connectivity index (χ4n) is 4.59. The number of alkyl halides is 1. The maximum Gasteiger partial charge on any atom is 0.258 e. The number of ether oxygens (including phenoxy) is 1. The number of hydrogen-bond donors (Lipinski definition) is 2. The number of nitrogens with one attached hydrogen (secondary N) is 1. The second-order valence-corrected chi connectivity index (χ2v) is 9.31. The van der Waals surface area contributed by atoms with Crippen molar-refractivity contribution in [3.05, 3.63) is 66.1 Å². The summed E-state index contributed by atoms with van der Waals surface area (Å²) in [6.07, 6.45) is -1.48. The van der Waals surface area contributed by atoms with Gasteiger partial charge in [-0.1, -0.05) is 49.4 Å². The van der Waals surface area contributed by atoms with Crippen molar-refractivity contribution < 1.29 is 28.2 Å². The molecule has 2 aromatic carbocycles. The predicted octanol–water partition coefficient (Wildman–Crippen LogP) is 3.59. The zero-order valence-corrected chi connectivity index (χ0v) is 21.0. The van der Waals surface area contributed by atoms with Gasteiger partial charge in [0.15, 0.2) is 17.9 Å². The number of rotatable bonds is 11. The molecule has 2 N–H and O–H groups in total. The molecule has 4 rings (SSSR count). The molecule has 9 heteroatoms. The van der Waals surface area contributed by atoms with Crippen LogP contribution in [0.25, 0.3) is 11.1 Å². The summed E-state index contributed by atoms with van der Waals surface area (Å²) in [5.41, 5.74) is 2.20.